The molecule has 2 aromatic carbocycles. The van der Waals surface area contributed by atoms with E-state index < -0.39 is 24.2 Å². The minimum Gasteiger partial charge on any atom is -0.473 e. The molecule has 0 atom stereocenters. The fourth-order valence-electron chi connectivity index (χ4n) is 5.50. The highest BCUT2D eigenvalue weighted by Gasteiger charge is 2.33. The van der Waals surface area contributed by atoms with Gasteiger partial charge < -0.3 is 43.5 Å². The average molecular weight is 803 g/mol. The van der Waals surface area contributed by atoms with E-state index in [0.29, 0.717) is 32.7 Å². The van der Waals surface area contributed by atoms with E-state index in [4.69, 9.17) is 38.7 Å². The van der Waals surface area contributed by atoms with Crippen LogP contribution in [0.4, 0.5) is 9.59 Å². The first-order chi connectivity index (χ1) is 26.5. The number of carbonyl (C=O) groups is 5. The molecule has 55 heavy (non-hydrogen) atoms. The van der Waals surface area contributed by atoms with Crippen LogP contribution in [0.3, 0.4) is 0 Å². The number of carboxylic acids is 2. The summed E-state index contributed by atoms with van der Waals surface area (Å²) in [4.78, 5) is 55.9. The van der Waals surface area contributed by atoms with Crippen molar-refractivity contribution in [3.63, 3.8) is 0 Å². The molecule has 15 nitrogen and oxygen atoms in total. The molecule has 0 aliphatic carbocycles. The van der Waals surface area contributed by atoms with E-state index >= 15 is 0 Å². The molecule has 6 rings (SSSR count). The molecular weight excluding hydrogens is 757 g/mol. The topological polar surface area (TPSA) is 188 Å². The highest BCUT2D eigenvalue weighted by molar-refractivity contribution is 7.17. The van der Waals surface area contributed by atoms with Gasteiger partial charge in [-0.05, 0) is 76.2 Å². The number of ether oxygens (including phenoxy) is 6. The number of methoxy groups -OCH3 is 2. The summed E-state index contributed by atoms with van der Waals surface area (Å²) in [6.45, 7) is 5.91. The highest BCUT2D eigenvalue weighted by Crippen LogP contribution is 2.23. The Hall–Kier alpha value is -4.81. The van der Waals surface area contributed by atoms with Crippen LogP contribution in [0.5, 0.6) is 0 Å². The Labute approximate surface area is 326 Å². The van der Waals surface area contributed by atoms with Gasteiger partial charge in [0, 0.05) is 35.6 Å². The molecule has 17 heteroatoms. The smallest absolute Gasteiger partial charge is 0.473 e. The van der Waals surface area contributed by atoms with Crippen molar-refractivity contribution in [1.29, 1.82) is 0 Å². The molecule has 2 saturated heterocycles. The first kappa shape index (κ1) is 42.9. The van der Waals surface area contributed by atoms with E-state index in [1.165, 1.54) is 45.5 Å². The van der Waals surface area contributed by atoms with Crippen molar-refractivity contribution in [1.82, 2.24) is 9.80 Å². The van der Waals surface area contributed by atoms with Gasteiger partial charge in [-0.25, -0.2) is 19.2 Å². The molecule has 1 amide bonds. The van der Waals surface area contributed by atoms with Crippen LogP contribution in [0.1, 0.15) is 24.0 Å². The first-order valence-electron chi connectivity index (χ1n) is 17.6. The number of likely N-dealkylation sites (tertiary alicyclic amines) is 2. The molecular formula is C38H46N2O13S2. The Morgan fingerprint density at radius 2 is 1.16 bits per heavy atom. The SMILES string of the molecule is COC(=O)OC1CN(C(=O)CCOCCc2ccc3sccc3c2)C1.COC(=O)OC1CN(CCCOCCc2ccc3sccc3c2)C1.O=C(O)C(=O)O. The van der Waals surface area contributed by atoms with Gasteiger partial charge in [0.25, 0.3) is 0 Å². The number of carboxylic acid groups (broad SMARTS) is 2. The molecule has 0 unspecified atom stereocenters. The maximum Gasteiger partial charge on any atom is 0.508 e. The molecule has 0 bridgehead atoms. The Bertz CT molecular complexity index is 1840. The fraction of sp³-hybridized carbons (Fsp3) is 0.447. The van der Waals surface area contributed by atoms with Crippen molar-refractivity contribution < 1.29 is 62.6 Å². The number of hydrogen-bond acceptors (Lipinski definition) is 14. The van der Waals surface area contributed by atoms with Crippen LogP contribution in [0, 0.1) is 0 Å². The lowest BCUT2D eigenvalue weighted by Crippen LogP contribution is -2.55. The van der Waals surface area contributed by atoms with E-state index in [1.54, 1.807) is 27.6 Å². The molecule has 2 fully saturated rings. The molecule has 0 saturated carbocycles. The number of fused-ring (bicyclic) bond motifs is 2. The third-order valence-corrected chi connectivity index (χ3v) is 10.3. The minimum atomic E-state index is -1.82. The van der Waals surface area contributed by atoms with Crippen molar-refractivity contribution in [3.05, 3.63) is 70.4 Å². The van der Waals surface area contributed by atoms with Gasteiger partial charge in [0.15, 0.2) is 0 Å². The number of aliphatic carboxylic acids is 2. The summed E-state index contributed by atoms with van der Waals surface area (Å²) in [6.07, 6.45) is 1.53. The number of hydrogen-bond donors (Lipinski definition) is 2. The van der Waals surface area contributed by atoms with Crippen LogP contribution in [-0.4, -0.2) is 136 Å². The predicted molar refractivity (Wildman–Crippen MR) is 205 cm³/mol. The Balaban J connectivity index is 0.000000214. The Morgan fingerprint density at radius 1 is 0.673 bits per heavy atom. The maximum atomic E-state index is 12.0. The van der Waals surface area contributed by atoms with Crippen molar-refractivity contribution in [2.45, 2.75) is 37.9 Å². The summed E-state index contributed by atoms with van der Waals surface area (Å²) in [7, 11) is 2.59. The third kappa shape index (κ3) is 14.7. The lowest BCUT2D eigenvalue weighted by Gasteiger charge is -2.37. The zero-order valence-electron chi connectivity index (χ0n) is 30.7. The zero-order chi connectivity index (χ0) is 39.6. The van der Waals surface area contributed by atoms with Gasteiger partial charge >= 0.3 is 24.2 Å². The van der Waals surface area contributed by atoms with Crippen LogP contribution in [0.25, 0.3) is 20.2 Å². The molecule has 298 valence electrons. The highest BCUT2D eigenvalue weighted by atomic mass is 32.1. The van der Waals surface area contributed by atoms with Crippen LogP contribution >= 0.6 is 22.7 Å². The van der Waals surface area contributed by atoms with Crippen molar-refractivity contribution in [2.24, 2.45) is 0 Å². The molecule has 2 aliphatic heterocycles. The number of carbonyl (C=O) groups excluding carboxylic acids is 3. The van der Waals surface area contributed by atoms with E-state index in [0.717, 1.165) is 52.1 Å². The molecule has 4 heterocycles. The third-order valence-electron chi connectivity index (χ3n) is 8.49. The second kappa shape index (κ2) is 22.5. The number of thiophene rings is 2. The number of nitrogens with zero attached hydrogens (tertiary/aromatic N) is 2. The summed E-state index contributed by atoms with van der Waals surface area (Å²) in [5.41, 5.74) is 2.56. The van der Waals surface area contributed by atoms with Crippen LogP contribution in [-0.2, 0) is 55.6 Å². The van der Waals surface area contributed by atoms with Gasteiger partial charge in [0.05, 0.1) is 53.6 Å². The van der Waals surface area contributed by atoms with E-state index in [-0.39, 0.29) is 18.1 Å². The summed E-state index contributed by atoms with van der Waals surface area (Å²) in [5.74, 6) is -3.63. The lowest BCUT2D eigenvalue weighted by molar-refractivity contribution is -0.159. The summed E-state index contributed by atoms with van der Waals surface area (Å²) in [6, 6.07) is 17.3. The van der Waals surface area contributed by atoms with E-state index in [2.05, 4.69) is 73.7 Å². The molecule has 0 spiro atoms. The molecule has 2 N–H and O–H groups in total. The van der Waals surface area contributed by atoms with Gasteiger partial charge in [0.1, 0.15) is 12.2 Å². The van der Waals surface area contributed by atoms with Crippen LogP contribution in [0.2, 0.25) is 0 Å². The number of benzene rings is 2. The second-order valence-electron chi connectivity index (χ2n) is 12.5. The van der Waals surface area contributed by atoms with Gasteiger partial charge in [-0.2, -0.15) is 0 Å². The summed E-state index contributed by atoms with van der Waals surface area (Å²) in [5, 5.41) is 21.6. The quantitative estimate of drug-likeness (QED) is 0.0894. The first-order valence-corrected chi connectivity index (χ1v) is 19.3. The average Bonchev–Trinajstić information content (AvgIpc) is 3.82. The maximum absolute atomic E-state index is 12.0. The van der Waals surface area contributed by atoms with Crippen LogP contribution < -0.4 is 0 Å². The zero-order valence-corrected chi connectivity index (χ0v) is 32.3. The normalized spacial score (nSPS) is 14.0. The Morgan fingerprint density at radius 3 is 1.65 bits per heavy atom. The van der Waals surface area contributed by atoms with E-state index in [1.807, 2.05) is 0 Å². The van der Waals surface area contributed by atoms with Gasteiger partial charge in [-0.15, -0.1) is 22.7 Å². The van der Waals surface area contributed by atoms with E-state index in [9.17, 15) is 14.4 Å². The van der Waals surface area contributed by atoms with Crippen molar-refractivity contribution in [2.75, 3.05) is 73.4 Å². The monoisotopic (exact) mass is 802 g/mol. The van der Waals surface area contributed by atoms with Crippen molar-refractivity contribution in [3.8, 4) is 0 Å². The minimum absolute atomic E-state index is 0.0180. The lowest BCUT2D eigenvalue weighted by atomic mass is 10.1. The largest absolute Gasteiger partial charge is 0.508 e. The molecule has 2 aromatic heterocycles. The number of rotatable bonds is 15. The standard InChI is InChI=1S/C18H21NO5S.C18H23NO4S.C2H2O4/c1-22-18(21)24-15-11-19(12-15)17(20)5-8-23-7-4-13-2-3-16-14(10-13)6-9-25-16;1-21-18(20)23-16-12-19(13-16)7-2-8-22-9-5-14-3-4-17-15(11-14)6-10-24-17;3-1(4)2(5)6/h2-3,6,9-10,15H,4-5,7-8,11-12H2,1H3;3-4,6,10-11,16H,2,5,7-9,12-13H2,1H3;(H,3,4)(H,5,6). The van der Waals surface area contributed by atoms with Gasteiger partial charge in [0.2, 0.25) is 5.91 Å². The fourth-order valence-corrected chi connectivity index (χ4v) is 7.04. The van der Waals surface area contributed by atoms with Gasteiger partial charge in [-0.1, -0.05) is 24.3 Å². The summed E-state index contributed by atoms with van der Waals surface area (Å²) < 4.78 is 32.8. The second-order valence-corrected chi connectivity index (χ2v) is 14.4. The molecule has 0 radical (unpaired) electrons. The van der Waals surface area contributed by atoms with Gasteiger partial charge in [-0.3, -0.25) is 9.69 Å². The molecule has 2 aliphatic rings. The van der Waals surface area contributed by atoms with Crippen molar-refractivity contribution >= 4 is 73.0 Å². The predicted octanol–water partition coefficient (Wildman–Crippen LogP) is 5.32. The number of amides is 1. The summed E-state index contributed by atoms with van der Waals surface area (Å²) >= 11 is 3.51. The van der Waals surface area contributed by atoms with Crippen LogP contribution in [0.15, 0.2) is 59.3 Å². The Kier molecular flexibility index (Phi) is 17.6. The molecule has 4 aromatic rings.